The normalized spacial score (nSPS) is 21.8. The fraction of sp³-hybridized carbons (Fsp3) is 0.462. The highest BCUT2D eigenvalue weighted by molar-refractivity contribution is 5.85. The number of nitrogens with zero attached hydrogens (tertiary/aromatic N) is 1. The van der Waals surface area contributed by atoms with E-state index in [2.05, 4.69) is 5.32 Å². The van der Waals surface area contributed by atoms with E-state index < -0.39 is 30.7 Å². The van der Waals surface area contributed by atoms with Gasteiger partial charge in [0.25, 0.3) is 0 Å². The lowest BCUT2D eigenvalue weighted by atomic mass is 10.0. The second-order valence-electron chi connectivity index (χ2n) is 4.81. The van der Waals surface area contributed by atoms with Gasteiger partial charge in [0, 0.05) is 18.7 Å². The van der Waals surface area contributed by atoms with Crippen LogP contribution in [0.25, 0.3) is 0 Å². The molecule has 2 rings (SSSR count). The van der Waals surface area contributed by atoms with Gasteiger partial charge in [-0.15, -0.1) is 12.4 Å². The first-order valence-corrected chi connectivity index (χ1v) is 6.18. The molecular weight excluding hydrogens is 309 g/mol. The van der Waals surface area contributed by atoms with Crippen LogP contribution in [-0.4, -0.2) is 47.3 Å². The van der Waals surface area contributed by atoms with E-state index in [9.17, 15) is 23.1 Å². The number of para-hydroxylation sites is 1. The minimum atomic E-state index is -4.71. The van der Waals surface area contributed by atoms with Crippen LogP contribution in [0.1, 0.15) is 6.42 Å². The van der Waals surface area contributed by atoms with E-state index in [0.29, 0.717) is 5.69 Å². The van der Waals surface area contributed by atoms with E-state index >= 15 is 0 Å². The molecular formula is C13H16ClF3N2O2. The molecule has 1 atom stereocenters. The monoisotopic (exact) mass is 324 g/mol. The molecule has 2 N–H and O–H groups in total. The number of anilines is 1. The zero-order valence-corrected chi connectivity index (χ0v) is 11.9. The molecule has 1 aliphatic heterocycles. The van der Waals surface area contributed by atoms with Crippen molar-refractivity contribution in [1.29, 1.82) is 0 Å². The van der Waals surface area contributed by atoms with E-state index in [1.807, 2.05) is 6.07 Å². The van der Waals surface area contributed by atoms with E-state index in [1.54, 1.807) is 24.3 Å². The van der Waals surface area contributed by atoms with Crippen LogP contribution in [0.2, 0.25) is 0 Å². The van der Waals surface area contributed by atoms with Gasteiger partial charge in [-0.25, -0.2) is 0 Å². The van der Waals surface area contributed by atoms with Crippen molar-refractivity contribution in [3.8, 4) is 0 Å². The van der Waals surface area contributed by atoms with Gasteiger partial charge in [-0.1, -0.05) is 18.2 Å². The summed E-state index contributed by atoms with van der Waals surface area (Å²) in [6, 6.07) is 8.89. The number of benzene rings is 1. The predicted octanol–water partition coefficient (Wildman–Crippen LogP) is 2.05. The van der Waals surface area contributed by atoms with Gasteiger partial charge < -0.3 is 15.3 Å². The molecule has 0 radical (unpaired) electrons. The van der Waals surface area contributed by atoms with E-state index in [1.165, 1.54) is 0 Å². The number of hydrogen-bond acceptors (Lipinski definition) is 3. The average Bonchev–Trinajstić information content (AvgIpc) is 2.81. The Labute approximate surface area is 126 Å². The quantitative estimate of drug-likeness (QED) is 0.894. The molecule has 1 aromatic rings. The maximum atomic E-state index is 12.6. The summed E-state index contributed by atoms with van der Waals surface area (Å²) in [6.45, 7) is -0.894. The van der Waals surface area contributed by atoms with Crippen LogP contribution in [0.5, 0.6) is 0 Å². The molecule has 1 aliphatic rings. The van der Waals surface area contributed by atoms with E-state index in [4.69, 9.17) is 0 Å². The number of carbonyl (C=O) groups excluding carboxylic acids is 1. The molecule has 0 aromatic heterocycles. The van der Waals surface area contributed by atoms with Crippen molar-refractivity contribution in [2.24, 2.45) is 0 Å². The van der Waals surface area contributed by atoms with Gasteiger partial charge in [0.2, 0.25) is 5.91 Å². The maximum Gasteiger partial charge on any atom is 0.419 e. The second-order valence-corrected chi connectivity index (χ2v) is 4.81. The Kier molecular flexibility index (Phi) is 5.47. The van der Waals surface area contributed by atoms with Gasteiger partial charge in [0.15, 0.2) is 5.60 Å². The fourth-order valence-corrected chi connectivity index (χ4v) is 2.08. The third-order valence-electron chi connectivity index (χ3n) is 3.35. The van der Waals surface area contributed by atoms with Crippen LogP contribution in [0.15, 0.2) is 30.3 Å². The molecule has 21 heavy (non-hydrogen) atoms. The van der Waals surface area contributed by atoms with Crippen LogP contribution >= 0.6 is 12.4 Å². The first kappa shape index (κ1) is 17.6. The summed E-state index contributed by atoms with van der Waals surface area (Å²) in [6.07, 6.45) is -5.19. The van der Waals surface area contributed by atoms with Gasteiger partial charge in [-0.05, 0) is 12.1 Å². The summed E-state index contributed by atoms with van der Waals surface area (Å²) in [5, 5.41) is 12.3. The number of rotatable bonds is 3. The summed E-state index contributed by atoms with van der Waals surface area (Å²) in [4.78, 5) is 12.8. The Bertz CT molecular complexity index is 484. The number of halogens is 4. The second kappa shape index (κ2) is 6.53. The van der Waals surface area contributed by atoms with Crippen LogP contribution in [0.4, 0.5) is 18.9 Å². The maximum absolute atomic E-state index is 12.6. The molecule has 1 unspecified atom stereocenters. The highest BCUT2D eigenvalue weighted by atomic mass is 35.5. The summed E-state index contributed by atoms with van der Waals surface area (Å²) in [5.41, 5.74) is -2.07. The Morgan fingerprint density at radius 3 is 2.48 bits per heavy atom. The lowest BCUT2D eigenvalue weighted by Gasteiger charge is -2.26. The number of carbonyl (C=O) groups is 1. The molecule has 1 fully saturated rings. The Morgan fingerprint density at radius 2 is 1.95 bits per heavy atom. The lowest BCUT2D eigenvalue weighted by molar-refractivity contribution is -0.253. The summed E-state index contributed by atoms with van der Waals surface area (Å²) in [7, 11) is 0. The minimum Gasteiger partial charge on any atom is -0.379 e. The first-order chi connectivity index (χ1) is 9.32. The van der Waals surface area contributed by atoms with Crippen molar-refractivity contribution in [2.45, 2.75) is 18.2 Å². The Balaban J connectivity index is 0.00000220. The molecule has 0 aliphatic carbocycles. The van der Waals surface area contributed by atoms with Crippen molar-refractivity contribution in [3.05, 3.63) is 30.3 Å². The van der Waals surface area contributed by atoms with Crippen LogP contribution < -0.4 is 5.32 Å². The van der Waals surface area contributed by atoms with Crippen molar-refractivity contribution in [2.75, 3.05) is 25.0 Å². The predicted molar refractivity (Wildman–Crippen MR) is 74.4 cm³/mol. The molecule has 0 saturated carbocycles. The fourth-order valence-electron chi connectivity index (χ4n) is 2.08. The highest BCUT2D eigenvalue weighted by Crippen LogP contribution is 2.37. The van der Waals surface area contributed by atoms with Gasteiger partial charge in [0.05, 0.1) is 13.1 Å². The Hall–Kier alpha value is -1.47. The van der Waals surface area contributed by atoms with E-state index in [0.717, 1.165) is 4.90 Å². The molecule has 1 saturated heterocycles. The third-order valence-corrected chi connectivity index (χ3v) is 3.35. The number of amides is 1. The van der Waals surface area contributed by atoms with Gasteiger partial charge in [-0.3, -0.25) is 4.79 Å². The van der Waals surface area contributed by atoms with E-state index in [-0.39, 0.29) is 25.5 Å². The lowest BCUT2D eigenvalue weighted by Crippen LogP contribution is -2.48. The zero-order chi connectivity index (χ0) is 14.8. The van der Waals surface area contributed by atoms with Gasteiger partial charge in [-0.2, -0.15) is 13.2 Å². The Morgan fingerprint density at radius 1 is 1.33 bits per heavy atom. The largest absolute Gasteiger partial charge is 0.419 e. The SMILES string of the molecule is Cl.O=C(CNc1ccccc1)N1CCC(O)(C(F)(F)F)C1. The van der Waals surface area contributed by atoms with Crippen molar-refractivity contribution in [3.63, 3.8) is 0 Å². The summed E-state index contributed by atoms with van der Waals surface area (Å²) < 4.78 is 37.9. The molecule has 1 heterocycles. The zero-order valence-electron chi connectivity index (χ0n) is 11.1. The number of nitrogens with one attached hydrogen (secondary N) is 1. The number of alkyl halides is 3. The van der Waals surface area contributed by atoms with Crippen LogP contribution in [0, 0.1) is 0 Å². The number of β-amino-alcohol motifs (C(OH)–C–C–N with tert-alkyl or cyclic N) is 1. The number of aliphatic hydroxyl groups is 1. The van der Waals surface area contributed by atoms with Gasteiger partial charge in [0.1, 0.15) is 0 Å². The molecule has 1 aromatic carbocycles. The molecule has 0 spiro atoms. The topological polar surface area (TPSA) is 52.6 Å². The van der Waals surface area contributed by atoms with Crippen molar-refractivity contribution < 1.29 is 23.1 Å². The third kappa shape index (κ3) is 4.01. The summed E-state index contributed by atoms with van der Waals surface area (Å²) in [5.74, 6) is -0.464. The molecule has 8 heteroatoms. The van der Waals surface area contributed by atoms with Crippen LogP contribution in [-0.2, 0) is 4.79 Å². The van der Waals surface area contributed by atoms with Crippen LogP contribution in [0.3, 0.4) is 0 Å². The highest BCUT2D eigenvalue weighted by Gasteiger charge is 2.57. The average molecular weight is 325 g/mol. The molecule has 118 valence electrons. The standard InChI is InChI=1S/C13H15F3N2O2.ClH/c14-13(15,16)12(20)6-7-18(9-12)11(19)8-17-10-4-2-1-3-5-10;/h1-5,17,20H,6-9H2;1H. The molecule has 1 amide bonds. The molecule has 4 nitrogen and oxygen atoms in total. The number of likely N-dealkylation sites (tertiary alicyclic amines) is 1. The smallest absolute Gasteiger partial charge is 0.379 e. The number of hydrogen-bond donors (Lipinski definition) is 2. The van der Waals surface area contributed by atoms with Gasteiger partial charge >= 0.3 is 6.18 Å². The van der Waals surface area contributed by atoms with Crippen molar-refractivity contribution in [1.82, 2.24) is 4.90 Å². The van der Waals surface area contributed by atoms with Crippen molar-refractivity contribution >= 4 is 24.0 Å². The first-order valence-electron chi connectivity index (χ1n) is 6.18. The molecule has 0 bridgehead atoms. The summed E-state index contributed by atoms with van der Waals surface area (Å²) >= 11 is 0. The minimum absolute atomic E-state index is 0.